The number of rotatable bonds is 3. The average molecular weight is 245 g/mol. The summed E-state index contributed by atoms with van der Waals surface area (Å²) in [5.41, 5.74) is 8.62. The van der Waals surface area contributed by atoms with E-state index in [0.717, 1.165) is 13.0 Å². The molecule has 1 aliphatic rings. The van der Waals surface area contributed by atoms with Gasteiger partial charge in [-0.05, 0) is 38.3 Å². The molecule has 0 bridgehead atoms. The zero-order chi connectivity index (χ0) is 13.3. The lowest BCUT2D eigenvalue weighted by Gasteiger charge is -2.41. The predicted molar refractivity (Wildman–Crippen MR) is 76.6 cm³/mol. The second-order valence-corrected chi connectivity index (χ2v) is 5.39. The van der Waals surface area contributed by atoms with Gasteiger partial charge in [0.1, 0.15) is 0 Å². The van der Waals surface area contributed by atoms with Gasteiger partial charge < -0.3 is 10.6 Å². The smallest absolute Gasteiger partial charge is 0.192 e. The molecule has 2 unspecified atom stereocenters. The average Bonchev–Trinajstić information content (AvgIpc) is 2.66. The highest BCUT2D eigenvalue weighted by molar-refractivity contribution is 5.81. The van der Waals surface area contributed by atoms with E-state index in [4.69, 9.17) is 5.73 Å². The highest BCUT2D eigenvalue weighted by Gasteiger charge is 2.42. The summed E-state index contributed by atoms with van der Waals surface area (Å²) in [5, 5.41) is 0. The fraction of sp³-hybridized carbons (Fsp3) is 0.533. The Bertz CT molecular complexity index is 467. The molecule has 2 rings (SSSR count). The van der Waals surface area contributed by atoms with Crippen LogP contribution in [-0.2, 0) is 5.54 Å². The van der Waals surface area contributed by atoms with Gasteiger partial charge in [0, 0.05) is 6.04 Å². The van der Waals surface area contributed by atoms with Gasteiger partial charge in [-0.25, -0.2) is 0 Å². The predicted octanol–water partition coefficient (Wildman–Crippen LogP) is 2.64. The van der Waals surface area contributed by atoms with E-state index in [2.05, 4.69) is 61.9 Å². The molecule has 98 valence electrons. The van der Waals surface area contributed by atoms with Crippen LogP contribution >= 0.6 is 0 Å². The van der Waals surface area contributed by atoms with Gasteiger partial charge in [0.25, 0.3) is 0 Å². The molecule has 0 fully saturated rings. The summed E-state index contributed by atoms with van der Waals surface area (Å²) in [6.07, 6.45) is 1.07. The summed E-state index contributed by atoms with van der Waals surface area (Å²) < 4.78 is 0. The van der Waals surface area contributed by atoms with Crippen molar-refractivity contribution in [2.45, 2.75) is 45.7 Å². The number of nitrogens with zero attached hydrogens (tertiary/aromatic N) is 2. The van der Waals surface area contributed by atoms with Gasteiger partial charge in [0.2, 0.25) is 0 Å². The van der Waals surface area contributed by atoms with E-state index in [9.17, 15) is 0 Å². The summed E-state index contributed by atoms with van der Waals surface area (Å²) in [6, 6.07) is 8.93. The van der Waals surface area contributed by atoms with E-state index in [1.165, 1.54) is 11.1 Å². The standard InChI is InChI=1S/C15H23N3/c1-5-12(3)18-14(16)17-10-15(18,4)13-9-7-6-8-11(13)2/h6-9,12H,5,10H2,1-4H3,(H2,16,17). The van der Waals surface area contributed by atoms with Gasteiger partial charge in [0.05, 0.1) is 12.1 Å². The Labute approximate surface area is 110 Å². The van der Waals surface area contributed by atoms with Crippen LogP contribution < -0.4 is 5.73 Å². The molecule has 0 saturated heterocycles. The maximum atomic E-state index is 6.09. The maximum absolute atomic E-state index is 6.09. The summed E-state index contributed by atoms with van der Waals surface area (Å²) in [7, 11) is 0. The lowest BCUT2D eigenvalue weighted by molar-refractivity contribution is 0.171. The normalized spacial score (nSPS) is 25.1. The third-order valence-corrected chi connectivity index (χ3v) is 4.08. The van der Waals surface area contributed by atoms with Gasteiger partial charge in [-0.1, -0.05) is 31.2 Å². The zero-order valence-electron chi connectivity index (χ0n) is 11.8. The Morgan fingerprint density at radius 3 is 2.72 bits per heavy atom. The first-order chi connectivity index (χ1) is 8.50. The minimum Gasteiger partial charge on any atom is -0.370 e. The van der Waals surface area contributed by atoms with Crippen molar-refractivity contribution in [3.05, 3.63) is 35.4 Å². The number of aryl methyl sites for hydroxylation is 1. The molecule has 0 saturated carbocycles. The Morgan fingerprint density at radius 2 is 2.11 bits per heavy atom. The molecule has 3 nitrogen and oxygen atoms in total. The zero-order valence-corrected chi connectivity index (χ0v) is 11.8. The largest absolute Gasteiger partial charge is 0.370 e. The highest BCUT2D eigenvalue weighted by Crippen LogP contribution is 2.36. The van der Waals surface area contributed by atoms with Gasteiger partial charge in [-0.15, -0.1) is 0 Å². The van der Waals surface area contributed by atoms with Crippen molar-refractivity contribution in [1.29, 1.82) is 0 Å². The SMILES string of the molecule is CCC(C)N1C(N)=NCC1(C)c1ccccc1C. The van der Waals surface area contributed by atoms with Crippen LogP contribution in [0.15, 0.2) is 29.3 Å². The van der Waals surface area contributed by atoms with E-state index in [0.29, 0.717) is 12.0 Å². The molecular weight excluding hydrogens is 222 g/mol. The number of guanidine groups is 1. The van der Waals surface area contributed by atoms with E-state index < -0.39 is 0 Å². The van der Waals surface area contributed by atoms with Crippen LogP contribution in [0.4, 0.5) is 0 Å². The lowest BCUT2D eigenvalue weighted by Crippen LogP contribution is -2.52. The van der Waals surface area contributed by atoms with Crippen LogP contribution in [0.1, 0.15) is 38.3 Å². The van der Waals surface area contributed by atoms with Gasteiger partial charge in [-0.2, -0.15) is 0 Å². The van der Waals surface area contributed by atoms with E-state index in [1.807, 2.05) is 0 Å². The maximum Gasteiger partial charge on any atom is 0.192 e. The Kier molecular flexibility index (Phi) is 3.33. The minimum atomic E-state index is -0.106. The van der Waals surface area contributed by atoms with Crippen molar-refractivity contribution in [3.63, 3.8) is 0 Å². The number of hydrogen-bond acceptors (Lipinski definition) is 3. The summed E-state index contributed by atoms with van der Waals surface area (Å²) in [5.74, 6) is 0.676. The first-order valence-corrected chi connectivity index (χ1v) is 6.66. The first-order valence-electron chi connectivity index (χ1n) is 6.66. The second kappa shape index (κ2) is 4.63. The van der Waals surface area contributed by atoms with Crippen molar-refractivity contribution in [2.75, 3.05) is 6.54 Å². The third-order valence-electron chi connectivity index (χ3n) is 4.08. The summed E-state index contributed by atoms with van der Waals surface area (Å²) >= 11 is 0. The number of nitrogens with two attached hydrogens (primary N) is 1. The van der Waals surface area contributed by atoms with Crippen LogP contribution in [0.25, 0.3) is 0 Å². The molecular formula is C15H23N3. The Morgan fingerprint density at radius 1 is 1.44 bits per heavy atom. The molecule has 1 aromatic rings. The minimum absolute atomic E-state index is 0.106. The van der Waals surface area contributed by atoms with Gasteiger partial charge in [0.15, 0.2) is 5.96 Å². The number of benzene rings is 1. The van der Waals surface area contributed by atoms with Crippen LogP contribution in [0.3, 0.4) is 0 Å². The Hall–Kier alpha value is -1.51. The van der Waals surface area contributed by atoms with E-state index in [-0.39, 0.29) is 5.54 Å². The topological polar surface area (TPSA) is 41.6 Å². The fourth-order valence-corrected chi connectivity index (χ4v) is 2.93. The number of hydrogen-bond donors (Lipinski definition) is 1. The molecule has 0 spiro atoms. The van der Waals surface area contributed by atoms with Crippen LogP contribution in [0.2, 0.25) is 0 Å². The molecule has 0 amide bonds. The molecule has 0 radical (unpaired) electrons. The first kappa shape index (κ1) is 12.9. The Balaban J connectivity index is 2.45. The van der Waals surface area contributed by atoms with E-state index in [1.54, 1.807) is 0 Å². The fourth-order valence-electron chi connectivity index (χ4n) is 2.93. The monoisotopic (exact) mass is 245 g/mol. The second-order valence-electron chi connectivity index (χ2n) is 5.39. The molecule has 3 heteroatoms. The summed E-state index contributed by atoms with van der Waals surface area (Å²) in [6.45, 7) is 9.54. The number of aliphatic imine (C=N–C) groups is 1. The quantitative estimate of drug-likeness (QED) is 0.889. The molecule has 1 aromatic carbocycles. The van der Waals surface area contributed by atoms with Crippen LogP contribution in [0.5, 0.6) is 0 Å². The van der Waals surface area contributed by atoms with Gasteiger partial charge >= 0.3 is 0 Å². The van der Waals surface area contributed by atoms with Crippen molar-refractivity contribution < 1.29 is 0 Å². The molecule has 1 heterocycles. The molecule has 18 heavy (non-hydrogen) atoms. The van der Waals surface area contributed by atoms with Gasteiger partial charge in [-0.3, -0.25) is 4.99 Å². The van der Waals surface area contributed by atoms with Crippen molar-refractivity contribution in [1.82, 2.24) is 4.90 Å². The summed E-state index contributed by atoms with van der Waals surface area (Å²) in [4.78, 5) is 6.75. The van der Waals surface area contributed by atoms with E-state index >= 15 is 0 Å². The molecule has 2 N–H and O–H groups in total. The van der Waals surface area contributed by atoms with Crippen molar-refractivity contribution in [2.24, 2.45) is 10.7 Å². The molecule has 0 aliphatic carbocycles. The lowest BCUT2D eigenvalue weighted by atomic mass is 9.86. The van der Waals surface area contributed by atoms with Crippen molar-refractivity contribution >= 4 is 5.96 Å². The highest BCUT2D eigenvalue weighted by atomic mass is 15.4. The molecule has 1 aliphatic heterocycles. The van der Waals surface area contributed by atoms with Crippen LogP contribution in [-0.4, -0.2) is 23.4 Å². The molecule has 2 atom stereocenters. The molecule has 0 aromatic heterocycles. The van der Waals surface area contributed by atoms with Crippen LogP contribution in [0, 0.1) is 6.92 Å². The third kappa shape index (κ3) is 1.88. The van der Waals surface area contributed by atoms with Crippen molar-refractivity contribution in [3.8, 4) is 0 Å².